The van der Waals surface area contributed by atoms with Gasteiger partial charge >= 0.3 is 0 Å². The number of hydrogen-bond donors (Lipinski definition) is 1. The van der Waals surface area contributed by atoms with Crippen LogP contribution in [0.2, 0.25) is 5.02 Å². The van der Waals surface area contributed by atoms with Gasteiger partial charge in [0.25, 0.3) is 0 Å². The SMILES string of the molecule is NCC1CCc2cccc(Cl)c2C12CCCCC2. The average molecular weight is 264 g/mol. The van der Waals surface area contributed by atoms with Crippen molar-refractivity contribution in [3.8, 4) is 0 Å². The molecule has 1 nitrogen and oxygen atoms in total. The Balaban J connectivity index is 2.13. The van der Waals surface area contributed by atoms with Crippen LogP contribution in [0, 0.1) is 5.92 Å². The van der Waals surface area contributed by atoms with Crippen molar-refractivity contribution in [2.45, 2.75) is 50.4 Å². The smallest absolute Gasteiger partial charge is 0.0446 e. The number of rotatable bonds is 1. The Labute approximate surface area is 115 Å². The normalized spacial score (nSPS) is 26.0. The van der Waals surface area contributed by atoms with Crippen LogP contribution in [-0.2, 0) is 11.8 Å². The van der Waals surface area contributed by atoms with Gasteiger partial charge in [-0.1, -0.05) is 43.0 Å². The van der Waals surface area contributed by atoms with Gasteiger partial charge in [0.15, 0.2) is 0 Å². The summed E-state index contributed by atoms with van der Waals surface area (Å²) in [6, 6.07) is 6.43. The Morgan fingerprint density at radius 1 is 1.22 bits per heavy atom. The molecule has 2 heteroatoms. The molecule has 0 aliphatic heterocycles. The molecule has 0 amide bonds. The molecule has 1 fully saturated rings. The summed E-state index contributed by atoms with van der Waals surface area (Å²) < 4.78 is 0. The van der Waals surface area contributed by atoms with Crippen molar-refractivity contribution in [1.29, 1.82) is 0 Å². The number of halogens is 1. The molecule has 1 aromatic carbocycles. The van der Waals surface area contributed by atoms with E-state index in [0.717, 1.165) is 18.0 Å². The van der Waals surface area contributed by atoms with Crippen LogP contribution < -0.4 is 5.73 Å². The van der Waals surface area contributed by atoms with E-state index in [1.54, 1.807) is 0 Å². The van der Waals surface area contributed by atoms with Gasteiger partial charge in [-0.15, -0.1) is 0 Å². The van der Waals surface area contributed by atoms with Crippen molar-refractivity contribution < 1.29 is 0 Å². The molecule has 0 radical (unpaired) electrons. The summed E-state index contributed by atoms with van der Waals surface area (Å²) in [5, 5.41) is 0.979. The molecule has 3 rings (SSSR count). The van der Waals surface area contributed by atoms with Crippen LogP contribution in [0.1, 0.15) is 49.7 Å². The van der Waals surface area contributed by atoms with Crippen LogP contribution in [0.5, 0.6) is 0 Å². The van der Waals surface area contributed by atoms with Gasteiger partial charge in [-0.25, -0.2) is 0 Å². The maximum atomic E-state index is 6.55. The van der Waals surface area contributed by atoms with E-state index < -0.39 is 0 Å². The van der Waals surface area contributed by atoms with Crippen LogP contribution in [0.3, 0.4) is 0 Å². The van der Waals surface area contributed by atoms with Crippen LogP contribution in [0.25, 0.3) is 0 Å². The van der Waals surface area contributed by atoms with Crippen molar-refractivity contribution in [1.82, 2.24) is 0 Å². The highest BCUT2D eigenvalue weighted by molar-refractivity contribution is 6.31. The fourth-order valence-electron chi connectivity index (χ4n) is 4.33. The lowest BCUT2D eigenvalue weighted by atomic mass is 9.57. The maximum Gasteiger partial charge on any atom is 0.0446 e. The first-order chi connectivity index (χ1) is 8.78. The predicted molar refractivity (Wildman–Crippen MR) is 77.1 cm³/mol. The second-order valence-electron chi connectivity index (χ2n) is 5.96. The minimum absolute atomic E-state index is 0.291. The highest BCUT2D eigenvalue weighted by Crippen LogP contribution is 2.52. The predicted octanol–water partition coefficient (Wildman–Crippen LogP) is 4.06. The van der Waals surface area contributed by atoms with E-state index in [0.29, 0.717) is 11.3 Å². The third-order valence-electron chi connectivity index (χ3n) is 5.17. The number of nitrogens with two attached hydrogens (primary N) is 1. The molecule has 1 aromatic rings. The number of benzene rings is 1. The lowest BCUT2D eigenvalue weighted by Gasteiger charge is -2.48. The molecule has 0 heterocycles. The van der Waals surface area contributed by atoms with Crippen LogP contribution >= 0.6 is 11.6 Å². The monoisotopic (exact) mass is 263 g/mol. The van der Waals surface area contributed by atoms with Crippen molar-refractivity contribution in [2.24, 2.45) is 11.7 Å². The summed E-state index contributed by atoms with van der Waals surface area (Å²) in [7, 11) is 0. The topological polar surface area (TPSA) is 26.0 Å². The molecule has 2 aliphatic rings. The molecule has 1 saturated carbocycles. The van der Waals surface area contributed by atoms with Crippen molar-refractivity contribution in [2.75, 3.05) is 6.54 Å². The molecule has 18 heavy (non-hydrogen) atoms. The first kappa shape index (κ1) is 12.5. The summed E-state index contributed by atoms with van der Waals surface area (Å²) in [5.74, 6) is 0.630. The quantitative estimate of drug-likeness (QED) is 0.812. The fraction of sp³-hybridized carbons (Fsp3) is 0.625. The summed E-state index contributed by atoms with van der Waals surface area (Å²) in [6.45, 7) is 0.810. The first-order valence-corrected chi connectivity index (χ1v) is 7.64. The Morgan fingerprint density at radius 2 is 2.00 bits per heavy atom. The Kier molecular flexibility index (Phi) is 3.38. The lowest BCUT2D eigenvalue weighted by molar-refractivity contribution is 0.171. The lowest BCUT2D eigenvalue weighted by Crippen LogP contribution is -2.44. The van der Waals surface area contributed by atoms with Gasteiger partial charge in [0, 0.05) is 10.4 Å². The van der Waals surface area contributed by atoms with Gasteiger partial charge in [0.05, 0.1) is 0 Å². The zero-order chi connectivity index (χ0) is 12.6. The fourth-order valence-corrected chi connectivity index (χ4v) is 4.71. The van der Waals surface area contributed by atoms with Gasteiger partial charge in [0.1, 0.15) is 0 Å². The maximum absolute atomic E-state index is 6.55. The van der Waals surface area contributed by atoms with Crippen LogP contribution in [0.4, 0.5) is 0 Å². The first-order valence-electron chi connectivity index (χ1n) is 7.26. The molecule has 0 bridgehead atoms. The molecule has 1 unspecified atom stereocenters. The zero-order valence-electron chi connectivity index (χ0n) is 10.9. The molecule has 1 atom stereocenters. The van der Waals surface area contributed by atoms with Crippen molar-refractivity contribution in [3.05, 3.63) is 34.3 Å². The molecule has 2 N–H and O–H groups in total. The van der Waals surface area contributed by atoms with Gasteiger partial charge in [0.2, 0.25) is 0 Å². The van der Waals surface area contributed by atoms with Gasteiger partial charge in [-0.2, -0.15) is 0 Å². The Hall–Kier alpha value is -0.530. The van der Waals surface area contributed by atoms with E-state index in [1.807, 2.05) is 0 Å². The standard InChI is InChI=1S/C16H22ClN/c17-14-6-4-5-12-7-8-13(11-18)16(15(12)14)9-2-1-3-10-16/h4-6,13H,1-3,7-11,18H2. The van der Waals surface area contributed by atoms with Gasteiger partial charge in [-0.3, -0.25) is 0 Å². The van der Waals surface area contributed by atoms with Gasteiger partial charge < -0.3 is 5.73 Å². The highest BCUT2D eigenvalue weighted by Gasteiger charge is 2.45. The summed E-state index contributed by atoms with van der Waals surface area (Å²) in [6.07, 6.45) is 9.00. The second-order valence-corrected chi connectivity index (χ2v) is 6.37. The second kappa shape index (κ2) is 4.86. The van der Waals surface area contributed by atoms with Crippen LogP contribution in [0.15, 0.2) is 18.2 Å². The van der Waals surface area contributed by atoms with E-state index >= 15 is 0 Å². The van der Waals surface area contributed by atoms with Crippen molar-refractivity contribution >= 4 is 11.6 Å². The van der Waals surface area contributed by atoms with E-state index in [9.17, 15) is 0 Å². The van der Waals surface area contributed by atoms with E-state index in [-0.39, 0.29) is 0 Å². The summed E-state index contributed by atoms with van der Waals surface area (Å²) >= 11 is 6.55. The summed E-state index contributed by atoms with van der Waals surface area (Å²) in [5.41, 5.74) is 9.30. The molecule has 1 spiro atoms. The Morgan fingerprint density at radius 3 is 2.72 bits per heavy atom. The van der Waals surface area contributed by atoms with E-state index in [4.69, 9.17) is 17.3 Å². The number of fused-ring (bicyclic) bond motifs is 2. The van der Waals surface area contributed by atoms with Gasteiger partial charge in [-0.05, 0) is 55.3 Å². The molecular weight excluding hydrogens is 242 g/mol. The van der Waals surface area contributed by atoms with E-state index in [1.165, 1.54) is 49.7 Å². The zero-order valence-corrected chi connectivity index (χ0v) is 11.7. The molecule has 0 saturated heterocycles. The average Bonchev–Trinajstić information content (AvgIpc) is 2.40. The molecule has 0 aromatic heterocycles. The molecule has 98 valence electrons. The molecule has 2 aliphatic carbocycles. The largest absolute Gasteiger partial charge is 0.330 e. The number of hydrogen-bond acceptors (Lipinski definition) is 1. The third kappa shape index (κ3) is 1.80. The summed E-state index contributed by atoms with van der Waals surface area (Å²) in [4.78, 5) is 0. The van der Waals surface area contributed by atoms with Crippen LogP contribution in [-0.4, -0.2) is 6.54 Å². The Bertz CT molecular complexity index is 435. The molecular formula is C16H22ClN. The minimum Gasteiger partial charge on any atom is -0.330 e. The minimum atomic E-state index is 0.291. The number of aryl methyl sites for hydroxylation is 1. The van der Waals surface area contributed by atoms with Crippen molar-refractivity contribution in [3.63, 3.8) is 0 Å². The third-order valence-corrected chi connectivity index (χ3v) is 5.49. The van der Waals surface area contributed by atoms with E-state index in [2.05, 4.69) is 18.2 Å². The highest BCUT2D eigenvalue weighted by atomic mass is 35.5.